The van der Waals surface area contributed by atoms with Gasteiger partial charge in [0.15, 0.2) is 0 Å². The molecule has 6 nitrogen and oxygen atoms in total. The lowest BCUT2D eigenvalue weighted by atomic mass is 10.1. The summed E-state index contributed by atoms with van der Waals surface area (Å²) >= 11 is 0. The van der Waals surface area contributed by atoms with Crippen LogP contribution in [0.5, 0.6) is 11.5 Å². The highest BCUT2D eigenvalue weighted by molar-refractivity contribution is 6.13. The van der Waals surface area contributed by atoms with Crippen LogP contribution in [-0.4, -0.2) is 25.0 Å². The highest BCUT2D eigenvalue weighted by Crippen LogP contribution is 2.22. The Morgan fingerprint density at radius 1 is 0.559 bits per heavy atom. The summed E-state index contributed by atoms with van der Waals surface area (Å²) in [5.41, 5.74) is 1.79. The van der Waals surface area contributed by atoms with Gasteiger partial charge in [-0.05, 0) is 48.5 Å². The van der Waals surface area contributed by atoms with E-state index in [4.69, 9.17) is 9.47 Å². The third-order valence-electron chi connectivity index (χ3n) is 4.94. The first-order valence-electron chi connectivity index (χ1n) is 10.9. The Kier molecular flexibility index (Phi) is 7.54. The molecule has 4 rings (SSSR count). The largest absolute Gasteiger partial charge is 0.490 e. The molecular weight excluding hydrogens is 428 g/mol. The molecule has 0 aliphatic rings. The number of rotatable bonds is 9. The van der Waals surface area contributed by atoms with Gasteiger partial charge in [0.2, 0.25) is 0 Å². The quantitative estimate of drug-likeness (QED) is 0.322. The molecule has 4 aromatic rings. The van der Waals surface area contributed by atoms with Crippen molar-refractivity contribution < 1.29 is 19.1 Å². The summed E-state index contributed by atoms with van der Waals surface area (Å²) in [5, 5.41) is 5.68. The van der Waals surface area contributed by atoms with Crippen LogP contribution < -0.4 is 20.1 Å². The molecule has 2 amide bonds. The third kappa shape index (κ3) is 6.01. The first-order chi connectivity index (χ1) is 16.7. The van der Waals surface area contributed by atoms with Gasteiger partial charge in [-0.1, -0.05) is 60.7 Å². The summed E-state index contributed by atoms with van der Waals surface area (Å²) in [6.45, 7) is 0.609. The molecule has 0 bridgehead atoms. The second-order valence-electron chi connectivity index (χ2n) is 7.33. The zero-order valence-corrected chi connectivity index (χ0v) is 18.4. The molecule has 0 fully saturated rings. The first-order valence-corrected chi connectivity index (χ1v) is 10.9. The van der Waals surface area contributed by atoms with Crippen LogP contribution in [0, 0.1) is 0 Å². The van der Waals surface area contributed by atoms with Gasteiger partial charge in [0, 0.05) is 5.69 Å². The average molecular weight is 453 g/mol. The van der Waals surface area contributed by atoms with E-state index in [0.717, 1.165) is 5.75 Å². The maximum Gasteiger partial charge on any atom is 0.259 e. The van der Waals surface area contributed by atoms with Gasteiger partial charge in [0.05, 0.1) is 16.8 Å². The van der Waals surface area contributed by atoms with Gasteiger partial charge >= 0.3 is 0 Å². The molecule has 170 valence electrons. The fourth-order valence-electron chi connectivity index (χ4n) is 3.31. The molecular formula is C28H24N2O4. The monoisotopic (exact) mass is 452 g/mol. The number of benzene rings is 4. The van der Waals surface area contributed by atoms with Crippen LogP contribution in [0.4, 0.5) is 11.4 Å². The molecule has 0 aliphatic heterocycles. The van der Waals surface area contributed by atoms with E-state index in [9.17, 15) is 9.59 Å². The van der Waals surface area contributed by atoms with Crippen molar-refractivity contribution in [3.05, 3.63) is 120 Å². The molecule has 0 aromatic heterocycles. The number of hydrogen-bond acceptors (Lipinski definition) is 4. The van der Waals surface area contributed by atoms with Crippen molar-refractivity contribution in [3.63, 3.8) is 0 Å². The van der Waals surface area contributed by atoms with E-state index in [2.05, 4.69) is 10.6 Å². The summed E-state index contributed by atoms with van der Waals surface area (Å²) < 4.78 is 11.5. The second kappa shape index (κ2) is 11.3. The Labute approximate surface area is 198 Å². The number of hydrogen-bond donors (Lipinski definition) is 2. The number of para-hydroxylation sites is 4. The summed E-state index contributed by atoms with van der Waals surface area (Å²) in [4.78, 5) is 25.9. The highest BCUT2D eigenvalue weighted by atomic mass is 16.5. The van der Waals surface area contributed by atoms with Crippen LogP contribution in [0.25, 0.3) is 0 Å². The number of carbonyl (C=O) groups is 2. The molecule has 0 saturated carbocycles. The van der Waals surface area contributed by atoms with Crippen LogP contribution >= 0.6 is 0 Å². The van der Waals surface area contributed by atoms with Crippen molar-refractivity contribution in [3.8, 4) is 11.5 Å². The van der Waals surface area contributed by atoms with Crippen LogP contribution in [0.15, 0.2) is 109 Å². The molecule has 0 unspecified atom stereocenters. The maximum absolute atomic E-state index is 13.1. The van der Waals surface area contributed by atoms with E-state index in [1.165, 1.54) is 0 Å². The molecule has 0 atom stereocenters. The molecule has 2 N–H and O–H groups in total. The zero-order chi connectivity index (χ0) is 23.6. The Morgan fingerprint density at radius 3 is 1.88 bits per heavy atom. The molecule has 6 heteroatoms. The number of ether oxygens (including phenoxy) is 2. The topological polar surface area (TPSA) is 76.7 Å². The van der Waals surface area contributed by atoms with Gasteiger partial charge in [-0.2, -0.15) is 0 Å². The van der Waals surface area contributed by atoms with Gasteiger partial charge in [-0.3, -0.25) is 9.59 Å². The van der Waals surface area contributed by atoms with Gasteiger partial charge in [-0.25, -0.2) is 0 Å². The average Bonchev–Trinajstić information content (AvgIpc) is 2.88. The number of carbonyl (C=O) groups excluding carboxylic acids is 2. The Morgan fingerprint density at radius 2 is 1.12 bits per heavy atom. The molecule has 0 saturated heterocycles. The summed E-state index contributed by atoms with van der Waals surface area (Å²) in [6.07, 6.45) is 0. The van der Waals surface area contributed by atoms with Gasteiger partial charge in [-0.15, -0.1) is 0 Å². The van der Waals surface area contributed by atoms with Crippen LogP contribution in [0.1, 0.15) is 20.7 Å². The van der Waals surface area contributed by atoms with Gasteiger partial charge < -0.3 is 20.1 Å². The van der Waals surface area contributed by atoms with Crippen molar-refractivity contribution >= 4 is 23.2 Å². The summed E-state index contributed by atoms with van der Waals surface area (Å²) in [6, 6.07) is 32.4. The first kappa shape index (κ1) is 22.6. The zero-order valence-electron chi connectivity index (χ0n) is 18.4. The predicted molar refractivity (Wildman–Crippen MR) is 133 cm³/mol. The van der Waals surface area contributed by atoms with Crippen molar-refractivity contribution in [1.82, 2.24) is 0 Å². The van der Waals surface area contributed by atoms with E-state index in [1.807, 2.05) is 48.5 Å². The Bertz CT molecular complexity index is 1240. The van der Waals surface area contributed by atoms with E-state index in [-0.39, 0.29) is 18.4 Å². The van der Waals surface area contributed by atoms with E-state index >= 15 is 0 Å². The standard InChI is InChI=1S/C28H24N2O4/c31-27(29-21-11-3-1-4-12-21)23-15-7-9-17-25(23)30-28(32)24-16-8-10-18-26(24)34-20-19-33-22-13-5-2-6-14-22/h1-18H,19-20H2,(H,29,31)(H,30,32). The van der Waals surface area contributed by atoms with Gasteiger partial charge in [0.25, 0.3) is 11.8 Å². The summed E-state index contributed by atoms with van der Waals surface area (Å²) in [5.74, 6) is 0.495. The summed E-state index contributed by atoms with van der Waals surface area (Å²) in [7, 11) is 0. The van der Waals surface area contributed by atoms with Crippen LogP contribution in [0.2, 0.25) is 0 Å². The lowest BCUT2D eigenvalue weighted by Gasteiger charge is -2.14. The minimum atomic E-state index is -0.375. The second-order valence-corrected chi connectivity index (χ2v) is 7.33. The molecule has 0 heterocycles. The Hall–Kier alpha value is -4.58. The SMILES string of the molecule is O=C(Nc1ccccc1)c1ccccc1NC(=O)c1ccccc1OCCOc1ccccc1. The maximum atomic E-state index is 13.1. The smallest absolute Gasteiger partial charge is 0.259 e. The molecule has 4 aromatic carbocycles. The van der Waals surface area contributed by atoms with Crippen molar-refractivity contribution in [2.75, 3.05) is 23.8 Å². The minimum absolute atomic E-state index is 0.273. The van der Waals surface area contributed by atoms with Gasteiger partial charge in [0.1, 0.15) is 24.7 Å². The number of anilines is 2. The molecule has 0 aliphatic carbocycles. The highest BCUT2D eigenvalue weighted by Gasteiger charge is 2.17. The van der Waals surface area contributed by atoms with Crippen LogP contribution in [-0.2, 0) is 0 Å². The van der Waals surface area contributed by atoms with E-state index in [1.54, 1.807) is 60.7 Å². The fraction of sp³-hybridized carbons (Fsp3) is 0.0714. The van der Waals surface area contributed by atoms with Crippen molar-refractivity contribution in [1.29, 1.82) is 0 Å². The Balaban J connectivity index is 1.42. The molecule has 0 radical (unpaired) electrons. The normalized spacial score (nSPS) is 10.2. The number of nitrogens with one attached hydrogen (secondary N) is 2. The lowest BCUT2D eigenvalue weighted by Crippen LogP contribution is -2.19. The lowest BCUT2D eigenvalue weighted by molar-refractivity contribution is 0.102. The minimum Gasteiger partial charge on any atom is -0.490 e. The van der Waals surface area contributed by atoms with E-state index in [0.29, 0.717) is 34.9 Å². The molecule has 0 spiro atoms. The predicted octanol–water partition coefficient (Wildman–Crippen LogP) is 5.65. The fourth-order valence-corrected chi connectivity index (χ4v) is 3.31. The van der Waals surface area contributed by atoms with Crippen LogP contribution in [0.3, 0.4) is 0 Å². The molecule has 34 heavy (non-hydrogen) atoms. The van der Waals surface area contributed by atoms with Crippen molar-refractivity contribution in [2.45, 2.75) is 0 Å². The van der Waals surface area contributed by atoms with E-state index < -0.39 is 0 Å². The van der Waals surface area contributed by atoms with Crippen molar-refractivity contribution in [2.24, 2.45) is 0 Å². The third-order valence-corrected chi connectivity index (χ3v) is 4.94. The number of amides is 2.